The molecule has 0 atom stereocenters. The van der Waals surface area contributed by atoms with E-state index in [2.05, 4.69) is 16.0 Å². The molecular formula is C17H18ClN3O. The molecule has 0 unspecified atom stereocenters. The lowest BCUT2D eigenvalue weighted by molar-refractivity contribution is -0.120. The monoisotopic (exact) mass is 315 g/mol. The fraction of sp³-hybridized carbons (Fsp3) is 0.353. The summed E-state index contributed by atoms with van der Waals surface area (Å²) in [6, 6.07) is 8.05. The first-order valence-electron chi connectivity index (χ1n) is 7.39. The number of primary amides is 1. The van der Waals surface area contributed by atoms with Gasteiger partial charge in [0.1, 0.15) is 0 Å². The van der Waals surface area contributed by atoms with E-state index >= 15 is 0 Å². The Morgan fingerprint density at radius 1 is 1.32 bits per heavy atom. The predicted molar refractivity (Wildman–Crippen MR) is 85.7 cm³/mol. The van der Waals surface area contributed by atoms with Crippen LogP contribution in [0.25, 0.3) is 0 Å². The fourth-order valence-corrected chi connectivity index (χ4v) is 3.09. The van der Waals surface area contributed by atoms with Gasteiger partial charge in [-0.15, -0.1) is 0 Å². The molecule has 3 rings (SSSR count). The molecule has 0 saturated heterocycles. The van der Waals surface area contributed by atoms with E-state index < -0.39 is 5.41 Å². The molecule has 1 fully saturated rings. The minimum absolute atomic E-state index is 0.221. The van der Waals surface area contributed by atoms with Gasteiger partial charge in [-0.1, -0.05) is 24.3 Å². The Morgan fingerprint density at radius 2 is 2.05 bits per heavy atom. The highest BCUT2D eigenvalue weighted by Gasteiger charge is 2.50. The van der Waals surface area contributed by atoms with Crippen molar-refractivity contribution >= 4 is 17.5 Å². The van der Waals surface area contributed by atoms with E-state index in [1.165, 1.54) is 0 Å². The van der Waals surface area contributed by atoms with Crippen LogP contribution < -0.4 is 5.73 Å². The molecule has 5 heteroatoms. The second-order valence-electron chi connectivity index (χ2n) is 5.87. The molecule has 0 radical (unpaired) electrons. The van der Waals surface area contributed by atoms with Crippen molar-refractivity contribution in [1.82, 2.24) is 9.97 Å². The maximum absolute atomic E-state index is 11.8. The molecule has 0 bridgehead atoms. The average Bonchev–Trinajstić information content (AvgIpc) is 3.30. The van der Waals surface area contributed by atoms with Crippen molar-refractivity contribution in [3.63, 3.8) is 0 Å². The Balaban J connectivity index is 1.85. The van der Waals surface area contributed by atoms with E-state index in [9.17, 15) is 4.79 Å². The molecule has 2 aromatic rings. The molecule has 1 amide bonds. The molecule has 4 nitrogen and oxygen atoms in total. The van der Waals surface area contributed by atoms with Gasteiger partial charge in [0.25, 0.3) is 0 Å². The average molecular weight is 316 g/mol. The van der Waals surface area contributed by atoms with Crippen LogP contribution in [-0.2, 0) is 23.1 Å². The Morgan fingerprint density at radius 3 is 2.73 bits per heavy atom. The molecule has 1 aliphatic carbocycles. The number of rotatable bonds is 5. The van der Waals surface area contributed by atoms with E-state index in [1.807, 2.05) is 25.1 Å². The number of nitrogens with two attached hydrogens (primary N) is 1. The largest absolute Gasteiger partial charge is 0.369 e. The summed E-state index contributed by atoms with van der Waals surface area (Å²) in [5.74, 6) is -0.221. The van der Waals surface area contributed by atoms with Gasteiger partial charge in [-0.2, -0.15) is 0 Å². The predicted octanol–water partition coefficient (Wildman–Crippen LogP) is 2.74. The van der Waals surface area contributed by atoms with Gasteiger partial charge in [0.05, 0.1) is 5.41 Å². The summed E-state index contributed by atoms with van der Waals surface area (Å²) < 4.78 is 0. The van der Waals surface area contributed by atoms with E-state index in [-0.39, 0.29) is 11.2 Å². The third-order valence-corrected chi connectivity index (χ3v) is 4.61. The number of benzene rings is 1. The number of carbonyl (C=O) groups excluding carboxylic acids is 1. The van der Waals surface area contributed by atoms with Crippen molar-refractivity contribution in [3.8, 4) is 0 Å². The zero-order valence-corrected chi connectivity index (χ0v) is 13.2. The number of halogens is 1. The summed E-state index contributed by atoms with van der Waals surface area (Å²) in [6.07, 6.45) is 5.00. The molecule has 22 heavy (non-hydrogen) atoms. The van der Waals surface area contributed by atoms with Crippen LogP contribution >= 0.6 is 11.6 Å². The van der Waals surface area contributed by atoms with Crippen LogP contribution in [-0.4, -0.2) is 15.9 Å². The number of nitrogens with zero attached hydrogens (tertiary/aromatic N) is 2. The Labute approximate surface area is 134 Å². The number of hydrogen-bond donors (Lipinski definition) is 1. The van der Waals surface area contributed by atoms with Crippen LogP contribution in [0.4, 0.5) is 0 Å². The summed E-state index contributed by atoms with van der Waals surface area (Å²) in [5.41, 5.74) is 9.36. The van der Waals surface area contributed by atoms with Crippen molar-refractivity contribution in [2.75, 3.05) is 0 Å². The van der Waals surface area contributed by atoms with Crippen molar-refractivity contribution in [3.05, 3.63) is 58.1 Å². The third kappa shape index (κ3) is 2.71. The number of carbonyl (C=O) groups is 1. The molecule has 0 aliphatic heterocycles. The summed E-state index contributed by atoms with van der Waals surface area (Å²) in [6.45, 7) is 1.98. The maximum Gasteiger partial charge on any atom is 0.228 e. The van der Waals surface area contributed by atoms with Crippen LogP contribution in [0.1, 0.15) is 35.2 Å². The molecule has 1 saturated carbocycles. The van der Waals surface area contributed by atoms with Crippen LogP contribution in [0, 0.1) is 6.92 Å². The van der Waals surface area contributed by atoms with E-state index in [0.29, 0.717) is 0 Å². The minimum Gasteiger partial charge on any atom is -0.369 e. The van der Waals surface area contributed by atoms with Gasteiger partial charge >= 0.3 is 0 Å². The van der Waals surface area contributed by atoms with Crippen molar-refractivity contribution < 1.29 is 4.79 Å². The normalized spacial score (nSPS) is 15.5. The molecule has 0 spiro atoms. The topological polar surface area (TPSA) is 68.9 Å². The summed E-state index contributed by atoms with van der Waals surface area (Å²) in [5, 5.41) is 0.268. The van der Waals surface area contributed by atoms with E-state index in [4.69, 9.17) is 17.3 Å². The lowest BCUT2D eigenvalue weighted by Crippen LogP contribution is -2.29. The molecular weight excluding hydrogens is 298 g/mol. The van der Waals surface area contributed by atoms with Crippen LogP contribution in [0.2, 0.25) is 5.28 Å². The SMILES string of the molecule is Cc1cnc(Cl)nc1CCc1ccccc1C1(C(N)=O)CC1. The van der Waals surface area contributed by atoms with Gasteiger partial charge in [-0.05, 0) is 60.9 Å². The Kier molecular flexibility index (Phi) is 3.87. The number of hydrogen-bond acceptors (Lipinski definition) is 3. The van der Waals surface area contributed by atoms with Crippen LogP contribution in [0.3, 0.4) is 0 Å². The lowest BCUT2D eigenvalue weighted by atomic mass is 9.88. The highest BCUT2D eigenvalue weighted by Crippen LogP contribution is 2.49. The van der Waals surface area contributed by atoms with Gasteiger partial charge in [0.2, 0.25) is 11.2 Å². The standard InChI is InChI=1S/C17H18ClN3O/c1-11-10-20-16(18)21-14(11)7-6-12-4-2-3-5-13(12)17(8-9-17)15(19)22/h2-5,10H,6-9H2,1H3,(H2,19,22). The van der Waals surface area contributed by atoms with Gasteiger partial charge in [0.15, 0.2) is 0 Å². The fourth-order valence-electron chi connectivity index (χ4n) is 2.94. The van der Waals surface area contributed by atoms with Gasteiger partial charge in [0, 0.05) is 11.9 Å². The first-order valence-corrected chi connectivity index (χ1v) is 7.77. The smallest absolute Gasteiger partial charge is 0.228 e. The second-order valence-corrected chi connectivity index (χ2v) is 6.21. The number of aromatic nitrogens is 2. The highest BCUT2D eigenvalue weighted by molar-refractivity contribution is 6.28. The summed E-state index contributed by atoms with van der Waals surface area (Å²) in [4.78, 5) is 20.1. The third-order valence-electron chi connectivity index (χ3n) is 4.43. The first-order chi connectivity index (χ1) is 10.5. The number of aryl methyl sites for hydroxylation is 3. The van der Waals surface area contributed by atoms with E-state index in [1.54, 1.807) is 6.20 Å². The summed E-state index contributed by atoms with van der Waals surface area (Å²) >= 11 is 5.87. The van der Waals surface area contributed by atoms with Crippen LogP contribution in [0.15, 0.2) is 30.5 Å². The maximum atomic E-state index is 11.8. The quantitative estimate of drug-likeness (QED) is 0.863. The van der Waals surface area contributed by atoms with Crippen molar-refractivity contribution in [2.24, 2.45) is 5.73 Å². The second kappa shape index (κ2) is 5.69. The Bertz CT molecular complexity index is 726. The highest BCUT2D eigenvalue weighted by atomic mass is 35.5. The molecule has 2 N–H and O–H groups in total. The molecule has 114 valence electrons. The van der Waals surface area contributed by atoms with E-state index in [0.717, 1.165) is 48.1 Å². The molecule has 1 aromatic carbocycles. The Hall–Kier alpha value is -1.94. The number of amides is 1. The van der Waals surface area contributed by atoms with Crippen molar-refractivity contribution in [2.45, 2.75) is 38.0 Å². The molecule has 1 aromatic heterocycles. The molecule has 1 heterocycles. The van der Waals surface area contributed by atoms with Crippen molar-refractivity contribution in [1.29, 1.82) is 0 Å². The zero-order chi connectivity index (χ0) is 15.7. The van der Waals surface area contributed by atoms with Gasteiger partial charge in [-0.3, -0.25) is 4.79 Å². The van der Waals surface area contributed by atoms with Gasteiger partial charge in [-0.25, -0.2) is 9.97 Å². The minimum atomic E-state index is -0.449. The summed E-state index contributed by atoms with van der Waals surface area (Å²) in [7, 11) is 0. The first kappa shape index (κ1) is 15.0. The lowest BCUT2D eigenvalue weighted by Gasteiger charge is -2.16. The van der Waals surface area contributed by atoms with Crippen LogP contribution in [0.5, 0.6) is 0 Å². The zero-order valence-electron chi connectivity index (χ0n) is 12.5. The van der Waals surface area contributed by atoms with Gasteiger partial charge < -0.3 is 5.73 Å². The molecule has 1 aliphatic rings.